The van der Waals surface area contributed by atoms with Gasteiger partial charge in [0.2, 0.25) is 0 Å². The van der Waals surface area contributed by atoms with Crippen molar-refractivity contribution in [2.75, 3.05) is 13.7 Å². The van der Waals surface area contributed by atoms with E-state index in [1.165, 1.54) is 0 Å². The minimum atomic E-state index is -0.213. The first-order chi connectivity index (χ1) is 9.46. The van der Waals surface area contributed by atoms with Crippen LogP contribution in [0, 0.1) is 0 Å². The van der Waals surface area contributed by atoms with Crippen LogP contribution in [0.25, 0.3) is 11.0 Å². The number of nitrogens with one attached hydrogen (secondary N) is 1. The van der Waals surface area contributed by atoms with E-state index < -0.39 is 0 Å². The lowest BCUT2D eigenvalue weighted by atomic mass is 9.97. The van der Waals surface area contributed by atoms with Crippen LogP contribution in [0.4, 0.5) is 0 Å². The molecule has 0 aliphatic heterocycles. The minimum absolute atomic E-state index is 0.110. The fourth-order valence-electron chi connectivity index (χ4n) is 2.31. The Morgan fingerprint density at radius 1 is 1.40 bits per heavy atom. The van der Waals surface area contributed by atoms with E-state index in [1.54, 1.807) is 7.11 Å². The predicted molar refractivity (Wildman–Crippen MR) is 83.3 cm³/mol. The van der Waals surface area contributed by atoms with Crippen molar-refractivity contribution in [1.29, 1.82) is 0 Å². The molecule has 0 aliphatic rings. The second kappa shape index (κ2) is 6.17. The van der Waals surface area contributed by atoms with Crippen LogP contribution >= 0.6 is 11.6 Å². The summed E-state index contributed by atoms with van der Waals surface area (Å²) < 4.78 is 11.5. The molecule has 0 radical (unpaired) electrons. The van der Waals surface area contributed by atoms with Crippen molar-refractivity contribution in [2.45, 2.75) is 38.8 Å². The number of halogens is 1. The number of hydrogen-bond acceptors (Lipinski definition) is 3. The molecule has 1 atom stereocenters. The summed E-state index contributed by atoms with van der Waals surface area (Å²) in [6.45, 7) is 7.11. The van der Waals surface area contributed by atoms with Gasteiger partial charge in [0, 0.05) is 12.5 Å². The highest BCUT2D eigenvalue weighted by Crippen LogP contribution is 2.33. The summed E-state index contributed by atoms with van der Waals surface area (Å²) in [4.78, 5) is 0. The Morgan fingerprint density at radius 2 is 2.15 bits per heavy atom. The van der Waals surface area contributed by atoms with Gasteiger partial charge in [0.25, 0.3) is 0 Å². The molecule has 20 heavy (non-hydrogen) atoms. The average molecular weight is 296 g/mol. The van der Waals surface area contributed by atoms with E-state index in [1.807, 2.05) is 18.2 Å². The summed E-state index contributed by atoms with van der Waals surface area (Å²) in [5.74, 6) is 0.903. The van der Waals surface area contributed by atoms with Crippen molar-refractivity contribution < 1.29 is 9.15 Å². The second-order valence-electron chi connectivity index (χ2n) is 5.59. The largest absolute Gasteiger partial charge is 0.458 e. The average Bonchev–Trinajstić information content (AvgIpc) is 2.83. The van der Waals surface area contributed by atoms with Crippen molar-refractivity contribution in [2.24, 2.45) is 0 Å². The predicted octanol–water partition coefficient (Wildman–Crippen LogP) is 4.55. The standard InChI is InChI=1S/C16H22ClNO2/c1-5-18-13(10-16(2,3)19-4)14-9-11-7-6-8-12(17)15(11)20-14/h6-9,13,18H,5,10H2,1-4H3. The third-order valence-corrected chi connectivity index (χ3v) is 3.86. The summed E-state index contributed by atoms with van der Waals surface area (Å²) in [6, 6.07) is 7.96. The van der Waals surface area contributed by atoms with Crippen LogP contribution in [0.5, 0.6) is 0 Å². The van der Waals surface area contributed by atoms with Gasteiger partial charge in [-0.25, -0.2) is 0 Å². The van der Waals surface area contributed by atoms with E-state index in [4.69, 9.17) is 20.8 Å². The van der Waals surface area contributed by atoms with Crippen LogP contribution in [-0.4, -0.2) is 19.3 Å². The zero-order valence-corrected chi connectivity index (χ0v) is 13.3. The summed E-state index contributed by atoms with van der Waals surface area (Å²) in [5.41, 5.74) is 0.539. The van der Waals surface area contributed by atoms with Crippen LogP contribution in [-0.2, 0) is 4.74 Å². The highest BCUT2D eigenvalue weighted by molar-refractivity contribution is 6.34. The van der Waals surface area contributed by atoms with Gasteiger partial charge in [0.05, 0.1) is 16.7 Å². The summed E-state index contributed by atoms with van der Waals surface area (Å²) in [7, 11) is 1.73. The van der Waals surface area contributed by atoms with E-state index in [0.29, 0.717) is 5.02 Å². The molecule has 0 saturated heterocycles. The molecule has 1 heterocycles. The number of furan rings is 1. The molecule has 110 valence electrons. The smallest absolute Gasteiger partial charge is 0.152 e. The van der Waals surface area contributed by atoms with Crippen LogP contribution in [0.2, 0.25) is 5.02 Å². The fraction of sp³-hybridized carbons (Fsp3) is 0.500. The topological polar surface area (TPSA) is 34.4 Å². The molecule has 1 N–H and O–H groups in total. The zero-order valence-electron chi connectivity index (χ0n) is 12.5. The van der Waals surface area contributed by atoms with Gasteiger partial charge in [0.1, 0.15) is 5.76 Å². The van der Waals surface area contributed by atoms with Crippen LogP contribution in [0.15, 0.2) is 28.7 Å². The Labute approximate surface area is 125 Å². The lowest BCUT2D eigenvalue weighted by molar-refractivity contribution is 0.00530. The molecule has 0 amide bonds. The van der Waals surface area contributed by atoms with E-state index >= 15 is 0 Å². The van der Waals surface area contributed by atoms with E-state index in [-0.39, 0.29) is 11.6 Å². The molecule has 1 aromatic heterocycles. The Hall–Kier alpha value is -1.03. The fourth-order valence-corrected chi connectivity index (χ4v) is 2.53. The molecule has 0 bridgehead atoms. The van der Waals surface area contributed by atoms with Gasteiger partial charge in [-0.15, -0.1) is 0 Å². The van der Waals surface area contributed by atoms with Crippen molar-refractivity contribution >= 4 is 22.6 Å². The second-order valence-corrected chi connectivity index (χ2v) is 5.99. The number of benzene rings is 1. The molecule has 0 aliphatic carbocycles. The number of para-hydroxylation sites is 1. The third kappa shape index (κ3) is 3.35. The molecule has 0 saturated carbocycles. The Bertz CT molecular complexity index is 577. The van der Waals surface area contributed by atoms with E-state index in [0.717, 1.165) is 29.7 Å². The summed E-state index contributed by atoms with van der Waals surface area (Å²) in [6.07, 6.45) is 0.828. The maximum Gasteiger partial charge on any atom is 0.152 e. The van der Waals surface area contributed by atoms with Crippen molar-refractivity contribution in [1.82, 2.24) is 5.32 Å². The molecular formula is C16H22ClNO2. The Balaban J connectivity index is 2.34. The Morgan fingerprint density at radius 3 is 2.75 bits per heavy atom. The Kier molecular flexibility index (Phi) is 4.74. The number of hydrogen-bond donors (Lipinski definition) is 1. The molecule has 1 aromatic carbocycles. The summed E-state index contributed by atoms with van der Waals surface area (Å²) >= 11 is 6.17. The van der Waals surface area contributed by atoms with Crippen molar-refractivity contribution in [3.8, 4) is 0 Å². The monoisotopic (exact) mass is 295 g/mol. The maximum atomic E-state index is 6.17. The summed E-state index contributed by atoms with van der Waals surface area (Å²) in [5, 5.41) is 5.13. The molecule has 0 spiro atoms. The van der Waals surface area contributed by atoms with Crippen molar-refractivity contribution in [3.63, 3.8) is 0 Å². The molecule has 2 rings (SSSR count). The lowest BCUT2D eigenvalue weighted by Crippen LogP contribution is -2.31. The first kappa shape index (κ1) is 15.4. The number of rotatable bonds is 6. The SMILES string of the molecule is CCNC(CC(C)(C)OC)c1cc2cccc(Cl)c2o1. The van der Waals surface area contributed by atoms with Crippen LogP contribution in [0.1, 0.15) is 39.0 Å². The van der Waals surface area contributed by atoms with Gasteiger partial charge >= 0.3 is 0 Å². The highest BCUT2D eigenvalue weighted by atomic mass is 35.5. The molecule has 2 aromatic rings. The first-order valence-electron chi connectivity index (χ1n) is 6.93. The maximum absolute atomic E-state index is 6.17. The molecule has 1 unspecified atom stereocenters. The van der Waals surface area contributed by atoms with Gasteiger partial charge in [-0.2, -0.15) is 0 Å². The highest BCUT2D eigenvalue weighted by Gasteiger charge is 2.26. The first-order valence-corrected chi connectivity index (χ1v) is 7.31. The zero-order chi connectivity index (χ0) is 14.8. The van der Waals surface area contributed by atoms with E-state index in [9.17, 15) is 0 Å². The van der Waals surface area contributed by atoms with Gasteiger partial charge < -0.3 is 14.5 Å². The molecule has 4 heteroatoms. The lowest BCUT2D eigenvalue weighted by Gasteiger charge is -2.28. The van der Waals surface area contributed by atoms with Gasteiger partial charge in [-0.1, -0.05) is 30.7 Å². The van der Waals surface area contributed by atoms with Crippen molar-refractivity contribution in [3.05, 3.63) is 35.0 Å². The minimum Gasteiger partial charge on any atom is -0.458 e. The normalized spacial score (nSPS) is 13.8. The third-order valence-electron chi connectivity index (χ3n) is 3.56. The quantitative estimate of drug-likeness (QED) is 0.849. The number of ether oxygens (including phenoxy) is 1. The van der Waals surface area contributed by atoms with Gasteiger partial charge in [-0.3, -0.25) is 0 Å². The van der Waals surface area contributed by atoms with Gasteiger partial charge in [0.15, 0.2) is 5.58 Å². The van der Waals surface area contributed by atoms with Gasteiger partial charge in [-0.05, 0) is 38.9 Å². The number of methoxy groups -OCH3 is 1. The van der Waals surface area contributed by atoms with Crippen LogP contribution in [0.3, 0.4) is 0 Å². The number of fused-ring (bicyclic) bond motifs is 1. The molecule has 0 fully saturated rings. The van der Waals surface area contributed by atoms with E-state index in [2.05, 4.69) is 32.2 Å². The molecular weight excluding hydrogens is 274 g/mol. The van der Waals surface area contributed by atoms with Crippen LogP contribution < -0.4 is 5.32 Å². The molecule has 3 nitrogen and oxygen atoms in total.